The zero-order chi connectivity index (χ0) is 13.5. The molecule has 0 saturated heterocycles. The smallest absolute Gasteiger partial charge is 0.159 e. The van der Waals surface area contributed by atoms with Crippen molar-refractivity contribution in [1.82, 2.24) is 9.97 Å². The van der Waals surface area contributed by atoms with Gasteiger partial charge in [0.15, 0.2) is 5.82 Å². The maximum Gasteiger partial charge on any atom is 0.159 e. The van der Waals surface area contributed by atoms with Crippen molar-refractivity contribution in [3.05, 3.63) is 54.6 Å². The summed E-state index contributed by atoms with van der Waals surface area (Å²) < 4.78 is 17.7. The van der Waals surface area contributed by atoms with E-state index in [-0.39, 0.29) is 13.2 Å². The van der Waals surface area contributed by atoms with Crippen LogP contribution in [0.2, 0.25) is 0 Å². The molecule has 0 radical (unpaired) electrons. The summed E-state index contributed by atoms with van der Waals surface area (Å²) >= 11 is 0. The molecule has 2 N–H and O–H groups in total. The summed E-state index contributed by atoms with van der Waals surface area (Å²) in [5, 5.41) is 0. The third kappa shape index (κ3) is 3.59. The number of benzene rings is 1. The number of halogens is 1. The summed E-state index contributed by atoms with van der Waals surface area (Å²) in [5.74, 6) is 1.30. The first-order valence-corrected chi connectivity index (χ1v) is 5.82. The zero-order valence-corrected chi connectivity index (χ0v) is 10.3. The van der Waals surface area contributed by atoms with Crippen LogP contribution in [0.3, 0.4) is 0 Å². The van der Waals surface area contributed by atoms with E-state index in [1.165, 1.54) is 0 Å². The number of rotatable bonds is 5. The van der Waals surface area contributed by atoms with E-state index in [1.807, 2.05) is 12.1 Å². The maximum atomic E-state index is 12.3. The van der Waals surface area contributed by atoms with Gasteiger partial charge in [0.1, 0.15) is 12.4 Å². The topological polar surface area (TPSA) is 61.0 Å². The summed E-state index contributed by atoms with van der Waals surface area (Å²) in [6, 6.07) is 9.05. The normalized spacial score (nSPS) is 11.4. The standard InChI is InChI=1S/C14H14FN3O/c15-8-11(9-16)10-19-13-4-2-12(3-5-13)14-17-6-1-7-18-14/h1-8H,9-10,16H2/b11-8-. The first kappa shape index (κ1) is 13.2. The Labute approximate surface area is 110 Å². The van der Waals surface area contributed by atoms with Gasteiger partial charge in [0.2, 0.25) is 0 Å². The van der Waals surface area contributed by atoms with Gasteiger partial charge in [-0.25, -0.2) is 14.4 Å². The molecule has 0 fully saturated rings. The molecule has 0 aliphatic rings. The number of nitrogens with two attached hydrogens (primary N) is 1. The molecular formula is C14H14FN3O. The van der Waals surface area contributed by atoms with Crippen molar-refractivity contribution in [2.45, 2.75) is 0 Å². The van der Waals surface area contributed by atoms with Gasteiger partial charge in [-0.05, 0) is 30.3 Å². The molecule has 2 rings (SSSR count). The molecule has 98 valence electrons. The van der Waals surface area contributed by atoms with Gasteiger partial charge in [0, 0.05) is 30.1 Å². The summed E-state index contributed by atoms with van der Waals surface area (Å²) in [6.07, 6.45) is 3.85. The first-order valence-electron chi connectivity index (χ1n) is 5.82. The highest BCUT2D eigenvalue weighted by molar-refractivity contribution is 5.55. The molecule has 0 saturated carbocycles. The van der Waals surface area contributed by atoms with Crippen molar-refractivity contribution < 1.29 is 9.13 Å². The molecular weight excluding hydrogens is 245 g/mol. The number of aromatic nitrogens is 2. The van der Waals surface area contributed by atoms with Crippen molar-refractivity contribution in [1.29, 1.82) is 0 Å². The van der Waals surface area contributed by atoms with Crippen LogP contribution < -0.4 is 10.5 Å². The van der Waals surface area contributed by atoms with Crippen molar-refractivity contribution in [2.24, 2.45) is 5.73 Å². The Morgan fingerprint density at radius 2 is 1.89 bits per heavy atom. The highest BCUT2D eigenvalue weighted by atomic mass is 19.1. The Kier molecular flexibility index (Phi) is 4.58. The number of nitrogens with zero attached hydrogens (tertiary/aromatic N) is 2. The first-order chi connectivity index (χ1) is 9.33. The van der Waals surface area contributed by atoms with Gasteiger partial charge in [0.25, 0.3) is 0 Å². The molecule has 5 heteroatoms. The SMILES string of the molecule is NC/C(=C/F)COc1ccc(-c2ncccn2)cc1. The summed E-state index contributed by atoms with van der Waals surface area (Å²) in [6.45, 7) is 0.292. The summed E-state index contributed by atoms with van der Waals surface area (Å²) in [4.78, 5) is 8.30. The van der Waals surface area contributed by atoms with Gasteiger partial charge in [0.05, 0.1) is 6.33 Å². The van der Waals surface area contributed by atoms with Crippen LogP contribution in [0, 0.1) is 0 Å². The fourth-order valence-electron chi connectivity index (χ4n) is 1.46. The Balaban J connectivity index is 2.03. The number of ether oxygens (including phenoxy) is 1. The van der Waals surface area contributed by atoms with E-state index in [9.17, 15) is 4.39 Å². The molecule has 2 aromatic rings. The Morgan fingerprint density at radius 3 is 2.47 bits per heavy atom. The summed E-state index contributed by atoms with van der Waals surface area (Å²) in [7, 11) is 0. The average Bonchev–Trinajstić information content (AvgIpc) is 2.50. The monoisotopic (exact) mass is 259 g/mol. The fraction of sp³-hybridized carbons (Fsp3) is 0.143. The molecule has 1 heterocycles. The predicted molar refractivity (Wildman–Crippen MR) is 71.2 cm³/mol. The number of hydrogen-bond acceptors (Lipinski definition) is 4. The highest BCUT2D eigenvalue weighted by Gasteiger charge is 2.01. The lowest BCUT2D eigenvalue weighted by molar-refractivity contribution is 0.347. The third-order valence-electron chi connectivity index (χ3n) is 2.52. The second-order valence-electron chi connectivity index (χ2n) is 3.86. The quantitative estimate of drug-likeness (QED) is 0.895. The van der Waals surface area contributed by atoms with E-state index in [2.05, 4.69) is 9.97 Å². The van der Waals surface area contributed by atoms with E-state index >= 15 is 0 Å². The van der Waals surface area contributed by atoms with Crippen molar-refractivity contribution in [2.75, 3.05) is 13.2 Å². The molecule has 1 aromatic carbocycles. The van der Waals surface area contributed by atoms with E-state index < -0.39 is 0 Å². The van der Waals surface area contributed by atoms with Crippen LogP contribution in [0.4, 0.5) is 4.39 Å². The molecule has 0 aliphatic carbocycles. The van der Waals surface area contributed by atoms with Gasteiger partial charge in [-0.15, -0.1) is 0 Å². The van der Waals surface area contributed by atoms with E-state index in [4.69, 9.17) is 10.5 Å². The number of hydrogen-bond donors (Lipinski definition) is 1. The molecule has 4 nitrogen and oxygen atoms in total. The Bertz CT molecular complexity index is 540. The molecule has 0 unspecified atom stereocenters. The van der Waals surface area contributed by atoms with E-state index in [1.54, 1.807) is 30.6 Å². The molecule has 1 aromatic heterocycles. The van der Waals surface area contributed by atoms with Gasteiger partial charge in [-0.1, -0.05) is 0 Å². The van der Waals surface area contributed by atoms with Crippen LogP contribution in [0.25, 0.3) is 11.4 Å². The van der Waals surface area contributed by atoms with Crippen molar-refractivity contribution in [3.8, 4) is 17.1 Å². The van der Waals surface area contributed by atoms with Gasteiger partial charge in [-0.2, -0.15) is 0 Å². The second-order valence-corrected chi connectivity index (χ2v) is 3.86. The molecule has 0 aliphatic heterocycles. The van der Waals surface area contributed by atoms with Gasteiger partial charge in [-0.3, -0.25) is 0 Å². The van der Waals surface area contributed by atoms with Crippen molar-refractivity contribution >= 4 is 0 Å². The lowest BCUT2D eigenvalue weighted by Crippen LogP contribution is -2.10. The fourth-order valence-corrected chi connectivity index (χ4v) is 1.46. The highest BCUT2D eigenvalue weighted by Crippen LogP contribution is 2.19. The maximum absolute atomic E-state index is 12.3. The minimum Gasteiger partial charge on any atom is -0.489 e. The lowest BCUT2D eigenvalue weighted by atomic mass is 10.2. The Hall–Kier alpha value is -2.27. The molecule has 0 spiro atoms. The van der Waals surface area contributed by atoms with Crippen LogP contribution in [0.5, 0.6) is 5.75 Å². The average molecular weight is 259 g/mol. The minimum atomic E-state index is 0.145. The Morgan fingerprint density at radius 1 is 1.21 bits per heavy atom. The van der Waals surface area contributed by atoms with Crippen LogP contribution in [-0.4, -0.2) is 23.1 Å². The van der Waals surface area contributed by atoms with Crippen LogP contribution >= 0.6 is 0 Å². The van der Waals surface area contributed by atoms with Crippen LogP contribution in [-0.2, 0) is 0 Å². The lowest BCUT2D eigenvalue weighted by Gasteiger charge is -2.07. The van der Waals surface area contributed by atoms with Crippen LogP contribution in [0.1, 0.15) is 0 Å². The molecule has 0 amide bonds. The molecule has 0 bridgehead atoms. The van der Waals surface area contributed by atoms with Gasteiger partial charge < -0.3 is 10.5 Å². The largest absolute Gasteiger partial charge is 0.489 e. The zero-order valence-electron chi connectivity index (χ0n) is 10.3. The molecule has 19 heavy (non-hydrogen) atoms. The van der Waals surface area contributed by atoms with Gasteiger partial charge >= 0.3 is 0 Å². The third-order valence-corrected chi connectivity index (χ3v) is 2.52. The van der Waals surface area contributed by atoms with E-state index in [0.717, 1.165) is 5.56 Å². The minimum absolute atomic E-state index is 0.145. The van der Waals surface area contributed by atoms with E-state index in [0.29, 0.717) is 23.5 Å². The molecule has 0 atom stereocenters. The summed E-state index contributed by atoms with van der Waals surface area (Å²) in [5.41, 5.74) is 6.65. The van der Waals surface area contributed by atoms with Crippen LogP contribution in [0.15, 0.2) is 54.6 Å². The second kappa shape index (κ2) is 6.61. The predicted octanol–water partition coefficient (Wildman–Crippen LogP) is 2.33. The van der Waals surface area contributed by atoms with Crippen molar-refractivity contribution in [3.63, 3.8) is 0 Å².